The third-order valence-electron chi connectivity index (χ3n) is 2.70. The lowest BCUT2D eigenvalue weighted by atomic mass is 9.89. The number of benzene rings is 1. The standard InChI is InChI=1S/C11H14ClNO/c12-9-3-1-2-8(6-9)7-13-10-4-5-11(10)14/h1-3,6,10-11,13-14H,4-5,7H2. The fourth-order valence-corrected chi connectivity index (χ4v) is 1.83. The van der Waals surface area contributed by atoms with E-state index in [0.717, 1.165) is 30.0 Å². The lowest BCUT2D eigenvalue weighted by Gasteiger charge is -2.33. The number of rotatable bonds is 3. The predicted molar refractivity (Wildman–Crippen MR) is 57.3 cm³/mol. The van der Waals surface area contributed by atoms with E-state index in [2.05, 4.69) is 5.32 Å². The Morgan fingerprint density at radius 1 is 1.43 bits per heavy atom. The van der Waals surface area contributed by atoms with Gasteiger partial charge in [-0.1, -0.05) is 23.7 Å². The van der Waals surface area contributed by atoms with E-state index in [4.69, 9.17) is 11.6 Å². The molecule has 0 amide bonds. The molecule has 14 heavy (non-hydrogen) atoms. The largest absolute Gasteiger partial charge is 0.392 e. The average Bonchev–Trinajstić information content (AvgIpc) is 2.16. The van der Waals surface area contributed by atoms with Crippen molar-refractivity contribution >= 4 is 11.6 Å². The minimum atomic E-state index is -0.158. The first kappa shape index (κ1) is 9.97. The number of halogens is 1. The van der Waals surface area contributed by atoms with Gasteiger partial charge in [0.15, 0.2) is 0 Å². The predicted octanol–water partition coefficient (Wildman–Crippen LogP) is 1.95. The molecule has 0 aliphatic heterocycles. The highest BCUT2D eigenvalue weighted by molar-refractivity contribution is 6.30. The Labute approximate surface area is 88.9 Å². The molecular formula is C11H14ClNO. The van der Waals surface area contributed by atoms with Crippen LogP contribution >= 0.6 is 11.6 Å². The van der Waals surface area contributed by atoms with Crippen LogP contribution in [0.1, 0.15) is 18.4 Å². The summed E-state index contributed by atoms with van der Waals surface area (Å²) in [6.45, 7) is 0.780. The summed E-state index contributed by atoms with van der Waals surface area (Å²) in [5.74, 6) is 0. The maximum Gasteiger partial charge on any atom is 0.0693 e. The molecule has 2 rings (SSSR count). The molecule has 2 N–H and O–H groups in total. The van der Waals surface area contributed by atoms with Crippen LogP contribution in [-0.4, -0.2) is 17.3 Å². The third-order valence-corrected chi connectivity index (χ3v) is 2.93. The van der Waals surface area contributed by atoms with Crippen LogP contribution in [-0.2, 0) is 6.54 Å². The van der Waals surface area contributed by atoms with Gasteiger partial charge in [0.25, 0.3) is 0 Å². The van der Waals surface area contributed by atoms with Crippen LogP contribution in [0, 0.1) is 0 Å². The van der Waals surface area contributed by atoms with Gasteiger partial charge >= 0.3 is 0 Å². The Hall–Kier alpha value is -0.570. The molecule has 1 aliphatic carbocycles. The summed E-state index contributed by atoms with van der Waals surface area (Å²) in [6.07, 6.45) is 1.84. The first-order chi connectivity index (χ1) is 6.75. The van der Waals surface area contributed by atoms with Gasteiger partial charge < -0.3 is 10.4 Å². The van der Waals surface area contributed by atoms with E-state index in [-0.39, 0.29) is 12.1 Å². The SMILES string of the molecule is OC1CCC1NCc1cccc(Cl)c1. The number of hydrogen-bond donors (Lipinski definition) is 2. The lowest BCUT2D eigenvalue weighted by Crippen LogP contribution is -2.47. The van der Waals surface area contributed by atoms with E-state index in [9.17, 15) is 5.11 Å². The van der Waals surface area contributed by atoms with Gasteiger partial charge in [-0.3, -0.25) is 0 Å². The molecule has 2 atom stereocenters. The minimum Gasteiger partial charge on any atom is -0.392 e. The minimum absolute atomic E-state index is 0.158. The second-order valence-electron chi connectivity index (χ2n) is 3.76. The molecule has 0 aromatic heterocycles. The van der Waals surface area contributed by atoms with E-state index >= 15 is 0 Å². The van der Waals surface area contributed by atoms with Gasteiger partial charge in [0.2, 0.25) is 0 Å². The van der Waals surface area contributed by atoms with Crippen LogP contribution in [0.25, 0.3) is 0 Å². The maximum atomic E-state index is 9.35. The summed E-state index contributed by atoms with van der Waals surface area (Å²) < 4.78 is 0. The Morgan fingerprint density at radius 3 is 2.86 bits per heavy atom. The summed E-state index contributed by atoms with van der Waals surface area (Å²) in [5.41, 5.74) is 1.16. The zero-order chi connectivity index (χ0) is 9.97. The Bertz CT molecular complexity index is 316. The molecule has 1 aliphatic rings. The molecule has 1 saturated carbocycles. The Balaban J connectivity index is 1.85. The summed E-state index contributed by atoms with van der Waals surface area (Å²) in [5, 5.41) is 13.4. The van der Waals surface area contributed by atoms with Crippen LogP contribution in [0.4, 0.5) is 0 Å². The van der Waals surface area contributed by atoms with Crippen molar-refractivity contribution in [2.24, 2.45) is 0 Å². The summed E-state index contributed by atoms with van der Waals surface area (Å²) in [7, 11) is 0. The fraction of sp³-hybridized carbons (Fsp3) is 0.455. The van der Waals surface area contributed by atoms with Crippen LogP contribution in [0.3, 0.4) is 0 Å². The molecule has 76 valence electrons. The van der Waals surface area contributed by atoms with Gasteiger partial charge in [0.05, 0.1) is 6.10 Å². The van der Waals surface area contributed by atoms with E-state index in [1.54, 1.807) is 0 Å². The number of aliphatic hydroxyl groups excluding tert-OH is 1. The first-order valence-corrected chi connectivity index (χ1v) is 5.29. The van der Waals surface area contributed by atoms with Crippen molar-refractivity contribution in [2.45, 2.75) is 31.5 Å². The van der Waals surface area contributed by atoms with E-state index in [0.29, 0.717) is 0 Å². The zero-order valence-electron chi connectivity index (χ0n) is 7.91. The molecule has 0 bridgehead atoms. The molecular weight excluding hydrogens is 198 g/mol. The van der Waals surface area contributed by atoms with Crippen molar-refractivity contribution < 1.29 is 5.11 Å². The molecule has 2 unspecified atom stereocenters. The Kier molecular flexibility index (Phi) is 3.06. The highest BCUT2D eigenvalue weighted by Crippen LogP contribution is 2.20. The Morgan fingerprint density at radius 2 is 2.29 bits per heavy atom. The molecule has 0 radical (unpaired) electrons. The van der Waals surface area contributed by atoms with Crippen molar-refractivity contribution in [1.29, 1.82) is 0 Å². The fourth-order valence-electron chi connectivity index (χ4n) is 1.62. The maximum absolute atomic E-state index is 9.35. The number of nitrogens with one attached hydrogen (secondary N) is 1. The lowest BCUT2D eigenvalue weighted by molar-refractivity contribution is 0.0493. The van der Waals surface area contributed by atoms with Gasteiger partial charge in [0, 0.05) is 17.6 Å². The van der Waals surface area contributed by atoms with Crippen LogP contribution in [0.2, 0.25) is 5.02 Å². The van der Waals surface area contributed by atoms with E-state index in [1.807, 2.05) is 24.3 Å². The molecule has 0 spiro atoms. The highest BCUT2D eigenvalue weighted by atomic mass is 35.5. The number of aliphatic hydroxyl groups is 1. The van der Waals surface area contributed by atoms with Crippen LogP contribution in [0.5, 0.6) is 0 Å². The van der Waals surface area contributed by atoms with Gasteiger partial charge in [-0.25, -0.2) is 0 Å². The molecule has 1 aromatic carbocycles. The summed E-state index contributed by atoms with van der Waals surface area (Å²) in [4.78, 5) is 0. The number of hydrogen-bond acceptors (Lipinski definition) is 2. The van der Waals surface area contributed by atoms with Crippen molar-refractivity contribution in [1.82, 2.24) is 5.32 Å². The third kappa shape index (κ3) is 2.27. The van der Waals surface area contributed by atoms with E-state index < -0.39 is 0 Å². The van der Waals surface area contributed by atoms with Crippen molar-refractivity contribution in [3.8, 4) is 0 Å². The monoisotopic (exact) mass is 211 g/mol. The second kappa shape index (κ2) is 4.30. The quantitative estimate of drug-likeness (QED) is 0.801. The molecule has 0 saturated heterocycles. The topological polar surface area (TPSA) is 32.3 Å². The summed E-state index contributed by atoms with van der Waals surface area (Å²) in [6, 6.07) is 8.05. The van der Waals surface area contributed by atoms with Crippen molar-refractivity contribution in [3.05, 3.63) is 34.9 Å². The van der Waals surface area contributed by atoms with Gasteiger partial charge in [0.1, 0.15) is 0 Å². The van der Waals surface area contributed by atoms with Crippen LogP contribution in [0.15, 0.2) is 24.3 Å². The second-order valence-corrected chi connectivity index (χ2v) is 4.20. The van der Waals surface area contributed by atoms with Gasteiger partial charge in [-0.2, -0.15) is 0 Å². The zero-order valence-corrected chi connectivity index (χ0v) is 8.67. The smallest absolute Gasteiger partial charge is 0.0693 e. The first-order valence-electron chi connectivity index (χ1n) is 4.91. The van der Waals surface area contributed by atoms with Crippen molar-refractivity contribution in [2.75, 3.05) is 0 Å². The highest BCUT2D eigenvalue weighted by Gasteiger charge is 2.27. The molecule has 2 nitrogen and oxygen atoms in total. The van der Waals surface area contributed by atoms with Crippen LogP contribution < -0.4 is 5.32 Å². The van der Waals surface area contributed by atoms with Gasteiger partial charge in [-0.15, -0.1) is 0 Å². The van der Waals surface area contributed by atoms with Gasteiger partial charge in [-0.05, 0) is 30.5 Å². The molecule has 1 fully saturated rings. The van der Waals surface area contributed by atoms with E-state index in [1.165, 1.54) is 0 Å². The molecule has 0 heterocycles. The molecule has 1 aromatic rings. The molecule has 3 heteroatoms. The normalized spacial score (nSPS) is 25.9. The average molecular weight is 212 g/mol. The van der Waals surface area contributed by atoms with Crippen molar-refractivity contribution in [3.63, 3.8) is 0 Å². The summed E-state index contributed by atoms with van der Waals surface area (Å²) >= 11 is 5.86.